The van der Waals surface area contributed by atoms with Crippen molar-refractivity contribution in [2.24, 2.45) is 0 Å². The normalized spacial score (nSPS) is 15.1. The summed E-state index contributed by atoms with van der Waals surface area (Å²) in [5, 5.41) is 14.4. The SMILES string of the molecule is CC(O)C(=O)NCc1ccc2c(c1)CC(=O)N2. The molecule has 1 aromatic carbocycles. The highest BCUT2D eigenvalue weighted by molar-refractivity contribution is 5.99. The summed E-state index contributed by atoms with van der Waals surface area (Å²) in [6.07, 6.45) is -0.624. The van der Waals surface area contributed by atoms with Crippen LogP contribution < -0.4 is 10.6 Å². The van der Waals surface area contributed by atoms with E-state index in [9.17, 15) is 9.59 Å². The Labute approximate surface area is 98.8 Å². The molecule has 5 heteroatoms. The highest BCUT2D eigenvalue weighted by Crippen LogP contribution is 2.23. The molecule has 0 saturated heterocycles. The van der Waals surface area contributed by atoms with Crippen LogP contribution in [0.3, 0.4) is 0 Å². The number of rotatable bonds is 3. The molecule has 1 aliphatic heterocycles. The van der Waals surface area contributed by atoms with Gasteiger partial charge in [-0.15, -0.1) is 0 Å². The zero-order valence-electron chi connectivity index (χ0n) is 9.49. The van der Waals surface area contributed by atoms with Gasteiger partial charge in [0.25, 0.3) is 0 Å². The summed E-state index contributed by atoms with van der Waals surface area (Å²) < 4.78 is 0. The van der Waals surface area contributed by atoms with Crippen LogP contribution in [0.4, 0.5) is 5.69 Å². The third-order valence-corrected chi connectivity index (χ3v) is 2.64. The summed E-state index contributed by atoms with van der Waals surface area (Å²) in [5.74, 6) is -0.412. The van der Waals surface area contributed by atoms with Crippen molar-refractivity contribution in [2.75, 3.05) is 5.32 Å². The number of carbonyl (C=O) groups is 2. The molecule has 3 N–H and O–H groups in total. The Kier molecular flexibility index (Phi) is 3.10. The molecule has 1 heterocycles. The molecule has 0 spiro atoms. The van der Waals surface area contributed by atoms with Crippen molar-refractivity contribution < 1.29 is 14.7 Å². The standard InChI is InChI=1S/C12H14N2O3/c1-7(15)12(17)13-6-8-2-3-10-9(4-8)5-11(16)14-10/h2-4,7,15H,5-6H2,1H3,(H,13,17)(H,14,16). The first-order chi connectivity index (χ1) is 8.06. The van der Waals surface area contributed by atoms with Gasteiger partial charge in [-0.3, -0.25) is 9.59 Å². The fraction of sp³-hybridized carbons (Fsp3) is 0.333. The molecule has 90 valence electrons. The number of amides is 2. The fourth-order valence-corrected chi connectivity index (χ4v) is 1.73. The monoisotopic (exact) mass is 234 g/mol. The maximum Gasteiger partial charge on any atom is 0.248 e. The van der Waals surface area contributed by atoms with Crippen molar-refractivity contribution in [3.05, 3.63) is 29.3 Å². The third kappa shape index (κ3) is 2.62. The molecule has 0 radical (unpaired) electrons. The van der Waals surface area contributed by atoms with Crippen LogP contribution in [0.5, 0.6) is 0 Å². The van der Waals surface area contributed by atoms with Gasteiger partial charge < -0.3 is 15.7 Å². The highest BCUT2D eigenvalue weighted by atomic mass is 16.3. The van der Waals surface area contributed by atoms with Gasteiger partial charge in [0.1, 0.15) is 6.10 Å². The summed E-state index contributed by atoms with van der Waals surface area (Å²) in [4.78, 5) is 22.3. The van der Waals surface area contributed by atoms with Crippen LogP contribution in [-0.2, 0) is 22.6 Å². The number of fused-ring (bicyclic) bond motifs is 1. The average molecular weight is 234 g/mol. The number of benzene rings is 1. The highest BCUT2D eigenvalue weighted by Gasteiger charge is 2.17. The quantitative estimate of drug-likeness (QED) is 0.698. The van der Waals surface area contributed by atoms with Crippen LogP contribution in [0.25, 0.3) is 0 Å². The van der Waals surface area contributed by atoms with Gasteiger partial charge in [0, 0.05) is 12.2 Å². The van der Waals surface area contributed by atoms with E-state index in [0.717, 1.165) is 16.8 Å². The largest absolute Gasteiger partial charge is 0.384 e. The molecule has 1 aromatic rings. The van der Waals surface area contributed by atoms with Crippen molar-refractivity contribution in [3.8, 4) is 0 Å². The van der Waals surface area contributed by atoms with Gasteiger partial charge >= 0.3 is 0 Å². The van der Waals surface area contributed by atoms with Gasteiger partial charge in [0.2, 0.25) is 11.8 Å². The van der Waals surface area contributed by atoms with Gasteiger partial charge in [-0.05, 0) is 24.1 Å². The van der Waals surface area contributed by atoms with Gasteiger partial charge in [-0.25, -0.2) is 0 Å². The molecule has 1 unspecified atom stereocenters. The molecule has 0 fully saturated rings. The zero-order valence-corrected chi connectivity index (χ0v) is 9.49. The lowest BCUT2D eigenvalue weighted by molar-refractivity contribution is -0.128. The second kappa shape index (κ2) is 4.55. The number of hydrogen-bond acceptors (Lipinski definition) is 3. The Morgan fingerprint density at radius 2 is 2.35 bits per heavy atom. The minimum absolute atomic E-state index is 0.00911. The van der Waals surface area contributed by atoms with Crippen LogP contribution in [0, 0.1) is 0 Å². The van der Waals surface area contributed by atoms with Crippen molar-refractivity contribution in [1.29, 1.82) is 0 Å². The van der Waals surface area contributed by atoms with E-state index < -0.39 is 12.0 Å². The summed E-state index contributed by atoms with van der Waals surface area (Å²) >= 11 is 0. The number of anilines is 1. The Hall–Kier alpha value is -1.88. The molecule has 1 aliphatic rings. The molecule has 0 bridgehead atoms. The minimum Gasteiger partial charge on any atom is -0.384 e. The molecule has 5 nitrogen and oxygen atoms in total. The number of aliphatic hydroxyl groups excluding tert-OH is 1. The first kappa shape index (κ1) is 11.6. The van der Waals surface area contributed by atoms with Crippen molar-refractivity contribution >= 4 is 17.5 Å². The Morgan fingerprint density at radius 3 is 3.06 bits per heavy atom. The lowest BCUT2D eigenvalue weighted by Crippen LogP contribution is -2.31. The van der Waals surface area contributed by atoms with E-state index in [2.05, 4.69) is 10.6 Å². The Bertz CT molecular complexity index is 469. The lowest BCUT2D eigenvalue weighted by Gasteiger charge is -2.08. The average Bonchev–Trinajstić information content (AvgIpc) is 2.64. The van der Waals surface area contributed by atoms with Crippen LogP contribution in [0.15, 0.2) is 18.2 Å². The molecule has 2 amide bonds. The molecular formula is C12H14N2O3. The van der Waals surface area contributed by atoms with Gasteiger partial charge in [-0.2, -0.15) is 0 Å². The van der Waals surface area contributed by atoms with E-state index in [1.165, 1.54) is 6.92 Å². The predicted octanol–water partition coefficient (Wildman–Crippen LogP) is 0.178. The van der Waals surface area contributed by atoms with Crippen molar-refractivity contribution in [3.63, 3.8) is 0 Å². The maximum atomic E-state index is 11.2. The molecule has 2 rings (SSSR count). The minimum atomic E-state index is -1.01. The number of carbonyl (C=O) groups excluding carboxylic acids is 2. The van der Waals surface area contributed by atoms with E-state index in [-0.39, 0.29) is 5.91 Å². The number of aliphatic hydroxyl groups is 1. The molecule has 0 aliphatic carbocycles. The van der Waals surface area contributed by atoms with Gasteiger partial charge in [-0.1, -0.05) is 12.1 Å². The number of hydrogen-bond donors (Lipinski definition) is 3. The summed E-state index contributed by atoms with van der Waals surface area (Å²) in [5.41, 5.74) is 2.69. The van der Waals surface area contributed by atoms with Crippen molar-refractivity contribution in [1.82, 2.24) is 5.32 Å². The van der Waals surface area contributed by atoms with E-state index in [1.54, 1.807) is 0 Å². The fourth-order valence-electron chi connectivity index (χ4n) is 1.73. The second-order valence-electron chi connectivity index (χ2n) is 4.11. The number of nitrogens with one attached hydrogen (secondary N) is 2. The second-order valence-corrected chi connectivity index (χ2v) is 4.11. The molecule has 17 heavy (non-hydrogen) atoms. The van der Waals surface area contributed by atoms with E-state index in [4.69, 9.17) is 5.11 Å². The van der Waals surface area contributed by atoms with E-state index in [0.29, 0.717) is 13.0 Å². The van der Waals surface area contributed by atoms with Gasteiger partial charge in [0.15, 0.2) is 0 Å². The molecule has 0 saturated carbocycles. The zero-order chi connectivity index (χ0) is 12.4. The van der Waals surface area contributed by atoms with E-state index in [1.807, 2.05) is 18.2 Å². The Balaban J connectivity index is 2.02. The molecule has 0 aromatic heterocycles. The van der Waals surface area contributed by atoms with Crippen LogP contribution in [0.2, 0.25) is 0 Å². The molecule has 1 atom stereocenters. The summed E-state index contributed by atoms with van der Waals surface area (Å²) in [6, 6.07) is 5.55. The Morgan fingerprint density at radius 1 is 1.59 bits per heavy atom. The topological polar surface area (TPSA) is 78.4 Å². The maximum absolute atomic E-state index is 11.2. The van der Waals surface area contributed by atoms with Crippen LogP contribution >= 0.6 is 0 Å². The third-order valence-electron chi connectivity index (χ3n) is 2.64. The summed E-state index contributed by atoms with van der Waals surface area (Å²) in [6.45, 7) is 1.77. The lowest BCUT2D eigenvalue weighted by atomic mass is 10.1. The van der Waals surface area contributed by atoms with E-state index >= 15 is 0 Å². The van der Waals surface area contributed by atoms with Gasteiger partial charge in [0.05, 0.1) is 6.42 Å². The molecular weight excluding hydrogens is 220 g/mol. The smallest absolute Gasteiger partial charge is 0.248 e. The first-order valence-electron chi connectivity index (χ1n) is 5.43. The van der Waals surface area contributed by atoms with Crippen molar-refractivity contribution in [2.45, 2.75) is 26.0 Å². The first-order valence-corrected chi connectivity index (χ1v) is 5.43. The summed E-state index contributed by atoms with van der Waals surface area (Å²) in [7, 11) is 0. The van der Waals surface area contributed by atoms with Crippen LogP contribution in [0.1, 0.15) is 18.1 Å². The predicted molar refractivity (Wildman–Crippen MR) is 62.3 cm³/mol. The van der Waals surface area contributed by atoms with Crippen LogP contribution in [-0.4, -0.2) is 23.0 Å².